The summed E-state index contributed by atoms with van der Waals surface area (Å²) in [5.41, 5.74) is 6.00. The fraction of sp³-hybridized carbons (Fsp3) is 0.500. The minimum absolute atomic E-state index is 0.0839. The van der Waals surface area contributed by atoms with E-state index in [1.54, 1.807) is 12.1 Å². The molecule has 4 heteroatoms. The molecule has 0 saturated carbocycles. The minimum Gasteiger partial charge on any atom is -0.384 e. The molecular formula is C12H19N3O. The van der Waals surface area contributed by atoms with Gasteiger partial charge in [-0.1, -0.05) is 26.7 Å². The number of nitrogen functional groups attached to an aromatic ring is 1. The van der Waals surface area contributed by atoms with E-state index in [4.69, 9.17) is 5.73 Å². The third-order valence-electron chi connectivity index (χ3n) is 2.75. The molecule has 1 amide bonds. The summed E-state index contributed by atoms with van der Waals surface area (Å²) >= 11 is 0. The molecule has 0 spiro atoms. The van der Waals surface area contributed by atoms with Gasteiger partial charge >= 0.3 is 0 Å². The van der Waals surface area contributed by atoms with Gasteiger partial charge in [-0.15, -0.1) is 0 Å². The molecule has 0 fully saturated rings. The lowest BCUT2D eigenvalue weighted by atomic mass is 10.0. The molecule has 0 radical (unpaired) electrons. The molecule has 3 N–H and O–H groups in total. The van der Waals surface area contributed by atoms with E-state index in [-0.39, 0.29) is 5.91 Å². The van der Waals surface area contributed by atoms with Crippen LogP contribution in [-0.2, 0) is 0 Å². The molecule has 0 saturated heterocycles. The fourth-order valence-electron chi connectivity index (χ4n) is 1.46. The molecule has 1 aromatic heterocycles. The Morgan fingerprint density at radius 1 is 1.44 bits per heavy atom. The van der Waals surface area contributed by atoms with E-state index < -0.39 is 0 Å². The molecule has 4 nitrogen and oxygen atoms in total. The largest absolute Gasteiger partial charge is 0.384 e. The van der Waals surface area contributed by atoms with Crippen molar-refractivity contribution in [3.05, 3.63) is 23.9 Å². The molecular weight excluding hydrogens is 202 g/mol. The normalized spacial score (nSPS) is 10.4. The first-order valence-corrected chi connectivity index (χ1v) is 5.67. The lowest BCUT2D eigenvalue weighted by Crippen LogP contribution is -2.29. The topological polar surface area (TPSA) is 68.0 Å². The highest BCUT2D eigenvalue weighted by atomic mass is 16.1. The molecule has 88 valence electrons. The van der Waals surface area contributed by atoms with Crippen LogP contribution in [0.2, 0.25) is 0 Å². The van der Waals surface area contributed by atoms with Gasteiger partial charge in [0.25, 0.3) is 5.91 Å². The van der Waals surface area contributed by atoms with E-state index in [1.165, 1.54) is 6.20 Å². The highest BCUT2D eigenvalue weighted by Gasteiger charge is 2.08. The van der Waals surface area contributed by atoms with Gasteiger partial charge in [-0.05, 0) is 18.1 Å². The van der Waals surface area contributed by atoms with Crippen molar-refractivity contribution in [1.82, 2.24) is 10.3 Å². The number of rotatable bonds is 5. The number of carbonyl (C=O) groups excluding carboxylic acids is 1. The van der Waals surface area contributed by atoms with E-state index in [1.807, 2.05) is 0 Å². The standard InChI is InChI=1S/C12H19N3O/c1-3-9(4-2)7-15-12(16)10-5-6-11(13)14-8-10/h5-6,8-9H,3-4,7H2,1-2H3,(H2,13,14)(H,15,16). The van der Waals surface area contributed by atoms with Crippen LogP contribution in [0.25, 0.3) is 0 Å². The smallest absolute Gasteiger partial charge is 0.252 e. The van der Waals surface area contributed by atoms with E-state index in [0.717, 1.165) is 19.4 Å². The van der Waals surface area contributed by atoms with E-state index >= 15 is 0 Å². The van der Waals surface area contributed by atoms with Gasteiger partial charge in [-0.2, -0.15) is 0 Å². The molecule has 0 aromatic carbocycles. The molecule has 0 bridgehead atoms. The van der Waals surface area contributed by atoms with Crippen LogP contribution in [0, 0.1) is 5.92 Å². The second-order valence-corrected chi connectivity index (χ2v) is 3.86. The summed E-state index contributed by atoms with van der Waals surface area (Å²) < 4.78 is 0. The van der Waals surface area contributed by atoms with Crippen LogP contribution >= 0.6 is 0 Å². The van der Waals surface area contributed by atoms with Gasteiger partial charge in [-0.25, -0.2) is 4.98 Å². The van der Waals surface area contributed by atoms with E-state index in [9.17, 15) is 4.79 Å². The van der Waals surface area contributed by atoms with Crippen LogP contribution in [0.15, 0.2) is 18.3 Å². The van der Waals surface area contributed by atoms with Gasteiger partial charge in [-0.3, -0.25) is 4.79 Å². The Morgan fingerprint density at radius 2 is 2.12 bits per heavy atom. The van der Waals surface area contributed by atoms with E-state index in [0.29, 0.717) is 17.3 Å². The van der Waals surface area contributed by atoms with Gasteiger partial charge in [0.2, 0.25) is 0 Å². The van der Waals surface area contributed by atoms with Gasteiger partial charge in [0.05, 0.1) is 5.56 Å². The highest BCUT2D eigenvalue weighted by molar-refractivity contribution is 5.93. The first-order chi connectivity index (χ1) is 7.67. The number of hydrogen-bond donors (Lipinski definition) is 2. The number of pyridine rings is 1. The summed E-state index contributed by atoms with van der Waals surface area (Å²) in [7, 11) is 0. The molecule has 1 heterocycles. The lowest BCUT2D eigenvalue weighted by molar-refractivity contribution is 0.0946. The number of nitrogens with zero attached hydrogens (tertiary/aromatic N) is 1. The van der Waals surface area contributed by atoms with Crippen LogP contribution in [0.4, 0.5) is 5.82 Å². The average Bonchev–Trinajstić information content (AvgIpc) is 2.31. The Bertz CT molecular complexity index is 331. The summed E-state index contributed by atoms with van der Waals surface area (Å²) in [6, 6.07) is 3.32. The number of amides is 1. The van der Waals surface area contributed by atoms with Crippen LogP contribution in [0.3, 0.4) is 0 Å². The SMILES string of the molecule is CCC(CC)CNC(=O)c1ccc(N)nc1. The summed E-state index contributed by atoms with van der Waals surface area (Å²) in [5, 5.41) is 2.90. The molecule has 0 aliphatic heterocycles. The molecule has 0 aliphatic rings. The molecule has 16 heavy (non-hydrogen) atoms. The summed E-state index contributed by atoms with van der Waals surface area (Å²) in [6.07, 6.45) is 3.66. The summed E-state index contributed by atoms with van der Waals surface area (Å²) in [6.45, 7) is 4.98. The number of hydrogen-bond acceptors (Lipinski definition) is 3. The van der Waals surface area contributed by atoms with Crippen molar-refractivity contribution in [3.8, 4) is 0 Å². The number of nitrogens with one attached hydrogen (secondary N) is 1. The Labute approximate surface area is 96.3 Å². The van der Waals surface area contributed by atoms with Crippen molar-refractivity contribution in [3.63, 3.8) is 0 Å². The second kappa shape index (κ2) is 6.10. The maximum absolute atomic E-state index is 11.7. The Morgan fingerprint density at radius 3 is 2.62 bits per heavy atom. The number of nitrogens with two attached hydrogens (primary N) is 1. The maximum Gasteiger partial charge on any atom is 0.252 e. The lowest BCUT2D eigenvalue weighted by Gasteiger charge is -2.13. The fourth-order valence-corrected chi connectivity index (χ4v) is 1.46. The van der Waals surface area contributed by atoms with Gasteiger partial charge in [0, 0.05) is 12.7 Å². The van der Waals surface area contributed by atoms with Gasteiger partial charge in [0.1, 0.15) is 5.82 Å². The second-order valence-electron chi connectivity index (χ2n) is 3.86. The van der Waals surface area contributed by atoms with Crippen molar-refractivity contribution in [2.75, 3.05) is 12.3 Å². The minimum atomic E-state index is -0.0839. The maximum atomic E-state index is 11.7. The summed E-state index contributed by atoms with van der Waals surface area (Å²) in [4.78, 5) is 15.6. The van der Waals surface area contributed by atoms with Crippen molar-refractivity contribution in [2.45, 2.75) is 26.7 Å². The first-order valence-electron chi connectivity index (χ1n) is 5.67. The summed E-state index contributed by atoms with van der Waals surface area (Å²) in [5.74, 6) is 0.890. The van der Waals surface area contributed by atoms with Crippen LogP contribution in [0.5, 0.6) is 0 Å². The first kappa shape index (κ1) is 12.5. The molecule has 1 rings (SSSR count). The van der Waals surface area contributed by atoms with Gasteiger partial charge in [0.15, 0.2) is 0 Å². The quantitative estimate of drug-likeness (QED) is 0.797. The Kier molecular flexibility index (Phi) is 4.76. The average molecular weight is 221 g/mol. The van der Waals surface area contributed by atoms with Crippen molar-refractivity contribution in [1.29, 1.82) is 0 Å². The third-order valence-corrected chi connectivity index (χ3v) is 2.75. The zero-order valence-electron chi connectivity index (χ0n) is 9.86. The van der Waals surface area contributed by atoms with E-state index in [2.05, 4.69) is 24.1 Å². The predicted octanol–water partition coefficient (Wildman–Crippen LogP) is 1.83. The predicted molar refractivity (Wildman–Crippen MR) is 65.1 cm³/mol. The van der Waals surface area contributed by atoms with Crippen LogP contribution in [0.1, 0.15) is 37.0 Å². The highest BCUT2D eigenvalue weighted by Crippen LogP contribution is 2.06. The molecule has 0 atom stereocenters. The Hall–Kier alpha value is -1.58. The van der Waals surface area contributed by atoms with Crippen LogP contribution in [-0.4, -0.2) is 17.4 Å². The number of anilines is 1. The zero-order chi connectivity index (χ0) is 12.0. The zero-order valence-corrected chi connectivity index (χ0v) is 9.86. The van der Waals surface area contributed by atoms with Crippen molar-refractivity contribution >= 4 is 11.7 Å². The number of carbonyl (C=O) groups is 1. The van der Waals surface area contributed by atoms with Gasteiger partial charge < -0.3 is 11.1 Å². The van der Waals surface area contributed by atoms with Crippen molar-refractivity contribution < 1.29 is 4.79 Å². The molecule has 0 unspecified atom stereocenters. The molecule has 1 aromatic rings. The molecule has 0 aliphatic carbocycles. The van der Waals surface area contributed by atoms with Crippen molar-refractivity contribution in [2.24, 2.45) is 5.92 Å². The number of aromatic nitrogens is 1. The Balaban J connectivity index is 2.49. The third kappa shape index (κ3) is 3.53. The monoisotopic (exact) mass is 221 g/mol. The van der Waals surface area contributed by atoms with Crippen LogP contribution < -0.4 is 11.1 Å².